The summed E-state index contributed by atoms with van der Waals surface area (Å²) < 4.78 is 0. The van der Waals surface area contributed by atoms with Gasteiger partial charge in [0.2, 0.25) is 0 Å². The Kier molecular flexibility index (Phi) is 5.94. The number of unbranched alkanes of at least 4 members (excludes halogenated alkanes) is 3. The second-order valence-corrected chi connectivity index (χ2v) is 2.86. The van der Waals surface area contributed by atoms with E-state index in [0.717, 1.165) is 12.8 Å². The molecule has 0 bridgehead atoms. The standard InChI is InChI=1S/C9H18O2/c1-3-4-5-6-7-9(11)8(2)10/h9-11H,2-7H2,1H3. The first-order valence-electron chi connectivity index (χ1n) is 4.24. The maximum absolute atomic E-state index is 9.08. The van der Waals surface area contributed by atoms with E-state index in [1.165, 1.54) is 12.8 Å². The molecule has 0 spiro atoms. The largest absolute Gasteiger partial charge is 0.510 e. The van der Waals surface area contributed by atoms with Crippen molar-refractivity contribution in [1.29, 1.82) is 0 Å². The molecule has 0 aliphatic rings. The summed E-state index contributed by atoms with van der Waals surface area (Å²) >= 11 is 0. The van der Waals surface area contributed by atoms with Gasteiger partial charge in [-0.25, -0.2) is 0 Å². The van der Waals surface area contributed by atoms with E-state index in [-0.39, 0.29) is 5.76 Å². The summed E-state index contributed by atoms with van der Waals surface area (Å²) in [5.41, 5.74) is 0. The third-order valence-electron chi connectivity index (χ3n) is 1.72. The summed E-state index contributed by atoms with van der Waals surface area (Å²) in [6.07, 6.45) is 4.40. The van der Waals surface area contributed by atoms with Crippen molar-refractivity contribution in [2.45, 2.75) is 45.1 Å². The molecule has 0 aliphatic carbocycles. The molecule has 0 rings (SSSR count). The van der Waals surface area contributed by atoms with E-state index >= 15 is 0 Å². The maximum atomic E-state index is 9.08. The topological polar surface area (TPSA) is 40.5 Å². The van der Waals surface area contributed by atoms with Crippen LogP contribution in [0, 0.1) is 0 Å². The van der Waals surface area contributed by atoms with Crippen molar-refractivity contribution in [3.8, 4) is 0 Å². The SMILES string of the molecule is C=C(O)C(O)CCCCCC. The van der Waals surface area contributed by atoms with Crippen molar-refractivity contribution >= 4 is 0 Å². The minimum Gasteiger partial charge on any atom is -0.510 e. The zero-order valence-corrected chi connectivity index (χ0v) is 7.21. The lowest BCUT2D eigenvalue weighted by molar-refractivity contribution is 0.142. The fourth-order valence-electron chi connectivity index (χ4n) is 0.931. The first-order valence-corrected chi connectivity index (χ1v) is 4.24. The predicted octanol–water partition coefficient (Wildman–Crippen LogP) is 2.39. The van der Waals surface area contributed by atoms with Crippen molar-refractivity contribution in [3.05, 3.63) is 12.3 Å². The molecule has 2 heteroatoms. The van der Waals surface area contributed by atoms with Crippen LogP contribution >= 0.6 is 0 Å². The molecule has 0 aliphatic heterocycles. The van der Waals surface area contributed by atoms with E-state index in [1.54, 1.807) is 0 Å². The van der Waals surface area contributed by atoms with E-state index in [2.05, 4.69) is 13.5 Å². The van der Waals surface area contributed by atoms with Gasteiger partial charge in [0.15, 0.2) is 0 Å². The van der Waals surface area contributed by atoms with Crippen molar-refractivity contribution in [2.75, 3.05) is 0 Å². The van der Waals surface area contributed by atoms with E-state index in [1.807, 2.05) is 0 Å². The molecule has 2 N–H and O–H groups in total. The second-order valence-electron chi connectivity index (χ2n) is 2.86. The lowest BCUT2D eigenvalue weighted by atomic mass is 10.1. The van der Waals surface area contributed by atoms with Crippen molar-refractivity contribution < 1.29 is 10.2 Å². The predicted molar refractivity (Wildman–Crippen MR) is 46.5 cm³/mol. The quantitative estimate of drug-likeness (QED) is 0.460. The Bertz CT molecular complexity index is 110. The highest BCUT2D eigenvalue weighted by Gasteiger charge is 2.05. The molecule has 11 heavy (non-hydrogen) atoms. The van der Waals surface area contributed by atoms with Gasteiger partial charge in [-0.3, -0.25) is 0 Å². The summed E-state index contributed by atoms with van der Waals surface area (Å²) in [5.74, 6) is -0.110. The van der Waals surface area contributed by atoms with Gasteiger partial charge in [-0.1, -0.05) is 39.2 Å². The van der Waals surface area contributed by atoms with Gasteiger partial charge < -0.3 is 10.2 Å². The molecule has 0 saturated heterocycles. The number of hydrogen-bond acceptors (Lipinski definition) is 2. The van der Waals surface area contributed by atoms with Gasteiger partial charge in [-0.2, -0.15) is 0 Å². The molecule has 0 heterocycles. The Morgan fingerprint density at radius 1 is 1.36 bits per heavy atom. The van der Waals surface area contributed by atoms with Crippen LogP contribution in [0.15, 0.2) is 12.3 Å². The Morgan fingerprint density at radius 2 is 2.00 bits per heavy atom. The summed E-state index contributed by atoms with van der Waals surface area (Å²) in [6.45, 7) is 5.40. The van der Waals surface area contributed by atoms with E-state index in [0.29, 0.717) is 6.42 Å². The maximum Gasteiger partial charge on any atom is 0.114 e. The van der Waals surface area contributed by atoms with Crippen LogP contribution in [0.2, 0.25) is 0 Å². The summed E-state index contributed by atoms with van der Waals surface area (Å²) in [6, 6.07) is 0. The van der Waals surface area contributed by atoms with Crippen molar-refractivity contribution in [2.24, 2.45) is 0 Å². The Hall–Kier alpha value is -0.500. The number of aliphatic hydroxyl groups excluding tert-OH is 2. The highest BCUT2D eigenvalue weighted by molar-refractivity contribution is 4.87. The summed E-state index contributed by atoms with van der Waals surface area (Å²) in [7, 11) is 0. The van der Waals surface area contributed by atoms with Gasteiger partial charge in [-0.05, 0) is 6.42 Å². The zero-order chi connectivity index (χ0) is 8.69. The van der Waals surface area contributed by atoms with Crippen LogP contribution < -0.4 is 0 Å². The smallest absolute Gasteiger partial charge is 0.114 e. The molecule has 66 valence electrons. The summed E-state index contributed by atoms with van der Waals surface area (Å²) in [5, 5.41) is 17.8. The van der Waals surface area contributed by atoms with Crippen LogP contribution in [0.3, 0.4) is 0 Å². The Balaban J connectivity index is 3.17. The van der Waals surface area contributed by atoms with Gasteiger partial charge in [0.25, 0.3) is 0 Å². The van der Waals surface area contributed by atoms with Crippen LogP contribution in [-0.2, 0) is 0 Å². The van der Waals surface area contributed by atoms with Crippen LogP contribution in [0.4, 0.5) is 0 Å². The molecule has 0 aromatic rings. The normalized spacial score (nSPS) is 12.9. The highest BCUT2D eigenvalue weighted by atomic mass is 16.3. The van der Waals surface area contributed by atoms with Gasteiger partial charge in [-0.15, -0.1) is 0 Å². The van der Waals surface area contributed by atoms with Gasteiger partial charge >= 0.3 is 0 Å². The molecule has 1 unspecified atom stereocenters. The van der Waals surface area contributed by atoms with Crippen molar-refractivity contribution in [1.82, 2.24) is 0 Å². The van der Waals surface area contributed by atoms with Crippen molar-refractivity contribution in [3.63, 3.8) is 0 Å². The number of aliphatic hydroxyl groups is 2. The monoisotopic (exact) mass is 158 g/mol. The first kappa shape index (κ1) is 10.5. The fourth-order valence-corrected chi connectivity index (χ4v) is 0.931. The molecule has 1 atom stereocenters. The number of hydrogen-bond donors (Lipinski definition) is 2. The van der Waals surface area contributed by atoms with E-state index < -0.39 is 6.10 Å². The molecule has 2 nitrogen and oxygen atoms in total. The average molecular weight is 158 g/mol. The molecular weight excluding hydrogens is 140 g/mol. The minimum absolute atomic E-state index is 0.110. The van der Waals surface area contributed by atoms with Crippen LogP contribution in [-0.4, -0.2) is 16.3 Å². The summed E-state index contributed by atoms with van der Waals surface area (Å²) in [4.78, 5) is 0. The van der Waals surface area contributed by atoms with Gasteiger partial charge in [0, 0.05) is 0 Å². The third-order valence-corrected chi connectivity index (χ3v) is 1.72. The first-order chi connectivity index (χ1) is 5.18. The fraction of sp³-hybridized carbons (Fsp3) is 0.778. The van der Waals surface area contributed by atoms with Gasteiger partial charge in [0.05, 0.1) is 0 Å². The van der Waals surface area contributed by atoms with Gasteiger partial charge in [0.1, 0.15) is 11.9 Å². The second kappa shape index (κ2) is 6.23. The Morgan fingerprint density at radius 3 is 2.45 bits per heavy atom. The molecule has 0 amide bonds. The average Bonchev–Trinajstić information content (AvgIpc) is 1.97. The zero-order valence-electron chi connectivity index (χ0n) is 7.21. The van der Waals surface area contributed by atoms with Crippen LogP contribution in [0.1, 0.15) is 39.0 Å². The van der Waals surface area contributed by atoms with E-state index in [9.17, 15) is 0 Å². The molecule has 0 radical (unpaired) electrons. The molecule has 0 aromatic heterocycles. The minimum atomic E-state index is -0.716. The Labute approximate surface area is 68.6 Å². The highest BCUT2D eigenvalue weighted by Crippen LogP contribution is 2.08. The third kappa shape index (κ3) is 5.92. The molecule has 0 aromatic carbocycles. The van der Waals surface area contributed by atoms with Crippen LogP contribution in [0.25, 0.3) is 0 Å². The number of rotatable bonds is 6. The van der Waals surface area contributed by atoms with Crippen LogP contribution in [0.5, 0.6) is 0 Å². The van der Waals surface area contributed by atoms with E-state index in [4.69, 9.17) is 10.2 Å². The molecular formula is C9H18O2. The molecule has 0 fully saturated rings. The lowest BCUT2D eigenvalue weighted by Crippen LogP contribution is -2.08. The molecule has 0 saturated carbocycles. The lowest BCUT2D eigenvalue weighted by Gasteiger charge is -2.07.